The molecule has 0 aromatic heterocycles. The maximum absolute atomic E-state index is 12.8. The fourth-order valence-corrected chi connectivity index (χ4v) is 1.97. The molecule has 0 radical (unpaired) electrons. The summed E-state index contributed by atoms with van der Waals surface area (Å²) in [6, 6.07) is 6.58. The molecule has 1 saturated carbocycles. The highest BCUT2D eigenvalue weighted by Gasteiger charge is 2.20. The number of nitrogens with zero attached hydrogens (tertiary/aromatic N) is 1. The first-order valence-corrected chi connectivity index (χ1v) is 7.54. The molecule has 2 N–H and O–H groups in total. The normalized spacial score (nSPS) is 15.0. The molecule has 5 heteroatoms. The van der Waals surface area contributed by atoms with Crippen LogP contribution < -0.4 is 10.6 Å². The number of nitrogens with one attached hydrogen (secondary N) is 2. The number of hydrogen-bond donors (Lipinski definition) is 2. The van der Waals surface area contributed by atoms with Crippen LogP contribution in [0.4, 0.5) is 4.39 Å². The molecule has 1 aromatic carbocycles. The van der Waals surface area contributed by atoms with Crippen LogP contribution in [-0.2, 0) is 11.2 Å². The molecule has 1 aliphatic rings. The van der Waals surface area contributed by atoms with Crippen molar-refractivity contribution in [3.8, 4) is 0 Å². The minimum absolute atomic E-state index is 0.199. The molecule has 1 aliphatic carbocycles. The van der Waals surface area contributed by atoms with E-state index < -0.39 is 0 Å². The number of rotatable bonds is 8. The summed E-state index contributed by atoms with van der Waals surface area (Å²) in [4.78, 5) is 4.16. The zero-order valence-electron chi connectivity index (χ0n) is 12.6. The lowest BCUT2D eigenvalue weighted by Gasteiger charge is -2.12. The van der Waals surface area contributed by atoms with Gasteiger partial charge in [-0.2, -0.15) is 0 Å². The summed E-state index contributed by atoms with van der Waals surface area (Å²) in [5.41, 5.74) is 1.10. The van der Waals surface area contributed by atoms with Crippen LogP contribution in [0.15, 0.2) is 29.3 Å². The second-order valence-electron chi connectivity index (χ2n) is 5.32. The topological polar surface area (TPSA) is 45.7 Å². The van der Waals surface area contributed by atoms with Crippen molar-refractivity contribution in [1.29, 1.82) is 0 Å². The number of hydrogen-bond acceptors (Lipinski definition) is 2. The van der Waals surface area contributed by atoms with Gasteiger partial charge in [-0.3, -0.25) is 4.99 Å². The van der Waals surface area contributed by atoms with E-state index in [9.17, 15) is 4.39 Å². The zero-order valence-corrected chi connectivity index (χ0v) is 12.6. The van der Waals surface area contributed by atoms with E-state index in [-0.39, 0.29) is 5.82 Å². The third-order valence-electron chi connectivity index (χ3n) is 3.43. The van der Waals surface area contributed by atoms with Gasteiger partial charge in [-0.15, -0.1) is 0 Å². The predicted octanol–water partition coefficient (Wildman–Crippen LogP) is 1.96. The molecule has 2 rings (SSSR count). The summed E-state index contributed by atoms with van der Waals surface area (Å²) in [5.74, 6) is 1.38. The van der Waals surface area contributed by atoms with Gasteiger partial charge in [0.25, 0.3) is 0 Å². The first-order valence-electron chi connectivity index (χ1n) is 7.54. The van der Waals surface area contributed by atoms with Crippen molar-refractivity contribution >= 4 is 5.96 Å². The Morgan fingerprint density at radius 1 is 1.24 bits per heavy atom. The number of ether oxygens (including phenoxy) is 1. The number of guanidine groups is 1. The Bertz CT molecular complexity index is 443. The Balaban J connectivity index is 1.55. The predicted molar refractivity (Wildman–Crippen MR) is 83.0 cm³/mol. The second-order valence-corrected chi connectivity index (χ2v) is 5.32. The van der Waals surface area contributed by atoms with Gasteiger partial charge in [0.15, 0.2) is 5.96 Å². The third kappa shape index (κ3) is 6.58. The Labute approximate surface area is 125 Å². The molecule has 21 heavy (non-hydrogen) atoms. The van der Waals surface area contributed by atoms with Crippen molar-refractivity contribution in [1.82, 2.24) is 10.6 Å². The van der Waals surface area contributed by atoms with Crippen LogP contribution in [0.1, 0.15) is 18.4 Å². The molecule has 0 amide bonds. The summed E-state index contributed by atoms with van der Waals surface area (Å²) in [6.07, 6.45) is 3.47. The van der Waals surface area contributed by atoms with E-state index >= 15 is 0 Å². The van der Waals surface area contributed by atoms with Crippen LogP contribution in [0.25, 0.3) is 0 Å². The van der Waals surface area contributed by atoms with E-state index in [4.69, 9.17) is 4.74 Å². The van der Waals surface area contributed by atoms with E-state index in [1.165, 1.54) is 25.0 Å². The van der Waals surface area contributed by atoms with Gasteiger partial charge in [0.2, 0.25) is 0 Å². The SMILES string of the molecule is CN=C(NCCOCC1CC1)NCCc1ccc(F)cc1. The molecule has 0 heterocycles. The van der Waals surface area contributed by atoms with Crippen LogP contribution in [0.2, 0.25) is 0 Å². The third-order valence-corrected chi connectivity index (χ3v) is 3.43. The standard InChI is InChI=1S/C16H24FN3O/c1-18-16(20-10-11-21-12-14-2-3-14)19-9-8-13-4-6-15(17)7-5-13/h4-7,14H,2-3,8-12H2,1H3,(H2,18,19,20). The maximum atomic E-state index is 12.8. The highest BCUT2D eigenvalue weighted by Crippen LogP contribution is 2.28. The smallest absolute Gasteiger partial charge is 0.191 e. The van der Waals surface area contributed by atoms with Crippen molar-refractivity contribution in [2.75, 3.05) is 33.4 Å². The van der Waals surface area contributed by atoms with Crippen molar-refractivity contribution in [3.63, 3.8) is 0 Å². The van der Waals surface area contributed by atoms with Gasteiger partial charge in [-0.1, -0.05) is 12.1 Å². The van der Waals surface area contributed by atoms with Crippen LogP contribution in [0, 0.1) is 11.7 Å². The van der Waals surface area contributed by atoms with Crippen molar-refractivity contribution in [2.45, 2.75) is 19.3 Å². The first kappa shape index (κ1) is 15.8. The van der Waals surface area contributed by atoms with Gasteiger partial charge in [0, 0.05) is 26.7 Å². The van der Waals surface area contributed by atoms with Gasteiger partial charge in [-0.05, 0) is 42.9 Å². The summed E-state index contributed by atoms with van der Waals surface area (Å²) >= 11 is 0. The van der Waals surface area contributed by atoms with Crippen molar-refractivity contribution < 1.29 is 9.13 Å². The summed E-state index contributed by atoms with van der Waals surface area (Å²) in [6.45, 7) is 3.10. The lowest BCUT2D eigenvalue weighted by atomic mass is 10.1. The molecule has 1 aromatic rings. The fraction of sp³-hybridized carbons (Fsp3) is 0.562. The molecular formula is C16H24FN3O. The van der Waals surface area contributed by atoms with Crippen LogP contribution in [0.5, 0.6) is 0 Å². The molecule has 0 bridgehead atoms. The molecule has 0 unspecified atom stereocenters. The van der Waals surface area contributed by atoms with Gasteiger partial charge >= 0.3 is 0 Å². The Morgan fingerprint density at radius 3 is 2.62 bits per heavy atom. The Morgan fingerprint density at radius 2 is 1.95 bits per heavy atom. The van der Waals surface area contributed by atoms with Crippen molar-refractivity contribution in [2.24, 2.45) is 10.9 Å². The lowest BCUT2D eigenvalue weighted by Crippen LogP contribution is -2.39. The lowest BCUT2D eigenvalue weighted by molar-refractivity contribution is 0.129. The quantitative estimate of drug-likeness (QED) is 0.437. The van der Waals surface area contributed by atoms with Gasteiger partial charge < -0.3 is 15.4 Å². The van der Waals surface area contributed by atoms with E-state index in [0.717, 1.165) is 43.6 Å². The van der Waals surface area contributed by atoms with E-state index in [0.29, 0.717) is 6.61 Å². The van der Waals surface area contributed by atoms with Gasteiger partial charge in [-0.25, -0.2) is 4.39 Å². The largest absolute Gasteiger partial charge is 0.379 e. The maximum Gasteiger partial charge on any atom is 0.191 e. The average molecular weight is 293 g/mol. The van der Waals surface area contributed by atoms with Crippen LogP contribution >= 0.6 is 0 Å². The Hall–Kier alpha value is -1.62. The summed E-state index contributed by atoms with van der Waals surface area (Å²) in [5, 5.41) is 6.45. The molecule has 0 spiro atoms. The second kappa shape index (κ2) is 8.62. The first-order chi connectivity index (χ1) is 10.3. The van der Waals surface area contributed by atoms with Gasteiger partial charge in [0.1, 0.15) is 5.82 Å². The van der Waals surface area contributed by atoms with E-state index in [2.05, 4.69) is 15.6 Å². The minimum atomic E-state index is -0.199. The molecule has 0 saturated heterocycles. The highest BCUT2D eigenvalue weighted by molar-refractivity contribution is 5.79. The number of benzene rings is 1. The Kier molecular flexibility index (Phi) is 6.47. The molecule has 0 aliphatic heterocycles. The van der Waals surface area contributed by atoms with Crippen molar-refractivity contribution in [3.05, 3.63) is 35.6 Å². The monoisotopic (exact) mass is 293 g/mol. The van der Waals surface area contributed by atoms with E-state index in [1.54, 1.807) is 19.2 Å². The van der Waals surface area contributed by atoms with Gasteiger partial charge in [0.05, 0.1) is 6.61 Å². The highest BCUT2D eigenvalue weighted by atomic mass is 19.1. The van der Waals surface area contributed by atoms with Crippen LogP contribution in [-0.4, -0.2) is 39.3 Å². The number of aliphatic imine (C=N–C) groups is 1. The summed E-state index contributed by atoms with van der Waals surface area (Å²) < 4.78 is 18.3. The average Bonchev–Trinajstić information content (AvgIpc) is 3.31. The minimum Gasteiger partial charge on any atom is -0.379 e. The molecular weight excluding hydrogens is 269 g/mol. The van der Waals surface area contributed by atoms with E-state index in [1.807, 2.05) is 0 Å². The summed E-state index contributed by atoms with van der Waals surface area (Å²) in [7, 11) is 1.75. The zero-order chi connectivity index (χ0) is 14.9. The molecule has 4 nitrogen and oxygen atoms in total. The molecule has 1 fully saturated rings. The fourth-order valence-electron chi connectivity index (χ4n) is 1.97. The molecule has 116 valence electrons. The number of halogens is 1. The van der Waals surface area contributed by atoms with Crippen LogP contribution in [0.3, 0.4) is 0 Å². The molecule has 0 atom stereocenters.